The van der Waals surface area contributed by atoms with Gasteiger partial charge in [0.15, 0.2) is 6.10 Å². The summed E-state index contributed by atoms with van der Waals surface area (Å²) in [6.07, 6.45) is 68.6. The smallest absolute Gasteiger partial charge is 0.306 e. The molecule has 0 saturated carbocycles. The molecule has 6 nitrogen and oxygen atoms in total. The van der Waals surface area contributed by atoms with Crippen molar-refractivity contribution >= 4 is 17.9 Å². The van der Waals surface area contributed by atoms with Gasteiger partial charge in [0, 0.05) is 19.3 Å². The summed E-state index contributed by atoms with van der Waals surface area (Å²) in [4.78, 5) is 38.0. The predicted molar refractivity (Wildman–Crippen MR) is 279 cm³/mol. The van der Waals surface area contributed by atoms with Gasteiger partial charge in [-0.3, -0.25) is 14.4 Å². The molecule has 65 heavy (non-hydrogen) atoms. The number of ether oxygens (including phenoxy) is 3. The maximum absolute atomic E-state index is 12.8. The van der Waals surface area contributed by atoms with Gasteiger partial charge in [-0.15, -0.1) is 0 Å². The molecule has 0 bridgehead atoms. The van der Waals surface area contributed by atoms with Crippen LogP contribution >= 0.6 is 0 Å². The maximum atomic E-state index is 12.8. The molecular formula is C59H100O6. The normalized spacial score (nSPS) is 12.7. The van der Waals surface area contributed by atoms with Crippen LogP contribution < -0.4 is 0 Å². The van der Waals surface area contributed by atoms with E-state index in [0.717, 1.165) is 103 Å². The van der Waals surface area contributed by atoms with Gasteiger partial charge in [0.2, 0.25) is 0 Å². The van der Waals surface area contributed by atoms with Crippen molar-refractivity contribution in [3.8, 4) is 0 Å². The summed E-state index contributed by atoms with van der Waals surface area (Å²) < 4.78 is 16.8. The first-order valence-corrected chi connectivity index (χ1v) is 27.1. The molecule has 0 aliphatic carbocycles. The van der Waals surface area contributed by atoms with E-state index in [4.69, 9.17) is 14.2 Å². The van der Waals surface area contributed by atoms with Crippen molar-refractivity contribution in [2.45, 2.75) is 258 Å². The zero-order valence-corrected chi connectivity index (χ0v) is 42.5. The number of hydrogen-bond donors (Lipinski definition) is 0. The molecule has 0 aliphatic rings. The van der Waals surface area contributed by atoms with Gasteiger partial charge in [0.1, 0.15) is 13.2 Å². The van der Waals surface area contributed by atoms with Crippen LogP contribution in [0, 0.1) is 0 Å². The van der Waals surface area contributed by atoms with E-state index in [9.17, 15) is 14.4 Å². The van der Waals surface area contributed by atoms with Crippen LogP contribution in [0.1, 0.15) is 252 Å². The van der Waals surface area contributed by atoms with Crippen LogP contribution in [0.5, 0.6) is 0 Å². The summed E-state index contributed by atoms with van der Waals surface area (Å²) in [5, 5.41) is 0. The lowest BCUT2D eigenvalue weighted by molar-refractivity contribution is -0.167. The fourth-order valence-corrected chi connectivity index (χ4v) is 7.33. The third kappa shape index (κ3) is 51.4. The minimum absolute atomic E-state index is 0.0992. The number of esters is 3. The molecule has 0 saturated heterocycles. The second-order valence-corrected chi connectivity index (χ2v) is 17.8. The predicted octanol–water partition coefficient (Wildman–Crippen LogP) is 18.0. The minimum atomic E-state index is -0.806. The molecule has 0 amide bonds. The lowest BCUT2D eigenvalue weighted by Gasteiger charge is -2.18. The lowest BCUT2D eigenvalue weighted by Crippen LogP contribution is -2.30. The highest BCUT2D eigenvalue weighted by Gasteiger charge is 2.19. The average Bonchev–Trinajstić information content (AvgIpc) is 3.30. The van der Waals surface area contributed by atoms with Gasteiger partial charge in [-0.2, -0.15) is 0 Å². The summed E-state index contributed by atoms with van der Waals surface area (Å²) in [6.45, 7) is 6.44. The Hall–Kier alpha value is -3.41. The Balaban J connectivity index is 4.49. The van der Waals surface area contributed by atoms with Crippen molar-refractivity contribution in [3.63, 3.8) is 0 Å². The summed E-state index contributed by atoms with van der Waals surface area (Å²) in [6, 6.07) is 0. The number of hydrogen-bond acceptors (Lipinski definition) is 6. The van der Waals surface area contributed by atoms with Gasteiger partial charge in [0.05, 0.1) is 0 Å². The van der Waals surface area contributed by atoms with Gasteiger partial charge < -0.3 is 14.2 Å². The molecule has 6 heteroatoms. The highest BCUT2D eigenvalue weighted by molar-refractivity contribution is 5.71. The lowest BCUT2D eigenvalue weighted by atomic mass is 10.0. The maximum Gasteiger partial charge on any atom is 0.306 e. The van der Waals surface area contributed by atoms with Gasteiger partial charge in [-0.05, 0) is 89.9 Å². The van der Waals surface area contributed by atoms with E-state index in [-0.39, 0.29) is 37.5 Å². The van der Waals surface area contributed by atoms with Crippen LogP contribution in [-0.2, 0) is 28.6 Å². The molecule has 0 N–H and O–H groups in total. The van der Waals surface area contributed by atoms with E-state index >= 15 is 0 Å². The molecule has 0 aliphatic heterocycles. The summed E-state index contributed by atoms with van der Waals surface area (Å²) in [5.41, 5.74) is 0. The van der Waals surface area contributed by atoms with Crippen molar-refractivity contribution in [1.82, 2.24) is 0 Å². The van der Waals surface area contributed by atoms with Crippen LogP contribution in [0.15, 0.2) is 85.1 Å². The second kappa shape index (κ2) is 53.2. The molecule has 0 fully saturated rings. The SMILES string of the molecule is CC/C=C/C/C=C/C/C=C/CCCCCCCC(=O)O[C@@H](COC(=O)CCC/C=C/C/C=C/C/C=C/C/C=C/CCCCC)COC(=O)CCCCCCCCCCCCCCCCC. The highest BCUT2D eigenvalue weighted by Crippen LogP contribution is 2.15. The Kier molecular flexibility index (Phi) is 50.4. The Labute approximate surface area is 401 Å². The number of unbranched alkanes of at least 4 members (excludes halogenated alkanes) is 23. The van der Waals surface area contributed by atoms with Gasteiger partial charge in [-0.1, -0.05) is 228 Å². The number of rotatable bonds is 48. The van der Waals surface area contributed by atoms with Crippen molar-refractivity contribution < 1.29 is 28.6 Å². The molecule has 0 spiro atoms. The Morgan fingerprint density at radius 1 is 0.323 bits per heavy atom. The molecule has 0 aromatic rings. The fraction of sp³-hybridized carbons (Fsp3) is 0.712. The van der Waals surface area contributed by atoms with Crippen molar-refractivity contribution in [3.05, 3.63) is 85.1 Å². The molecule has 0 heterocycles. The summed E-state index contributed by atoms with van der Waals surface area (Å²) in [7, 11) is 0. The first kappa shape index (κ1) is 61.6. The molecule has 0 rings (SSSR count). The number of allylic oxidation sites excluding steroid dienone is 14. The number of carbonyl (C=O) groups excluding carboxylic acids is 3. The minimum Gasteiger partial charge on any atom is -0.462 e. The largest absolute Gasteiger partial charge is 0.462 e. The van der Waals surface area contributed by atoms with Crippen LogP contribution in [-0.4, -0.2) is 37.2 Å². The van der Waals surface area contributed by atoms with Crippen molar-refractivity contribution in [1.29, 1.82) is 0 Å². The molecule has 0 aromatic heterocycles. The van der Waals surface area contributed by atoms with E-state index in [1.165, 1.54) is 103 Å². The van der Waals surface area contributed by atoms with Gasteiger partial charge in [0.25, 0.3) is 0 Å². The van der Waals surface area contributed by atoms with E-state index in [1.54, 1.807) is 0 Å². The van der Waals surface area contributed by atoms with Crippen LogP contribution in [0.25, 0.3) is 0 Å². The standard InChI is InChI=1S/C59H100O6/c1-4-7-10-13-16-19-22-25-28-29-32-34-37-40-43-46-49-52-58(61)64-55-56(65-59(62)53-50-47-44-41-38-35-31-27-24-21-18-15-12-9-6-3)54-63-57(60)51-48-45-42-39-36-33-30-26-23-20-17-14-11-8-5-2/h9,12,16,18-19,21,25,27-28,31-32,34,40,43,56H,4-8,10-11,13-15,17,20,22-24,26,29-30,33,35-39,41-42,44-55H2,1-3H3/b12-9+,19-16+,21-18+,28-25+,31-27+,34-32+,43-40+/t56-/m1/s1. The van der Waals surface area contributed by atoms with Gasteiger partial charge >= 0.3 is 17.9 Å². The third-order valence-electron chi connectivity index (χ3n) is 11.4. The summed E-state index contributed by atoms with van der Waals surface area (Å²) in [5.74, 6) is -0.972. The molecule has 372 valence electrons. The molecule has 0 unspecified atom stereocenters. The first-order chi connectivity index (χ1) is 32.0. The molecule has 0 aromatic carbocycles. The molecule has 1 atom stereocenters. The first-order valence-electron chi connectivity index (χ1n) is 27.1. The third-order valence-corrected chi connectivity index (χ3v) is 11.4. The van der Waals surface area contributed by atoms with Gasteiger partial charge in [-0.25, -0.2) is 0 Å². The monoisotopic (exact) mass is 905 g/mol. The van der Waals surface area contributed by atoms with Crippen LogP contribution in [0.3, 0.4) is 0 Å². The average molecular weight is 905 g/mol. The molecule has 0 radical (unpaired) electrons. The summed E-state index contributed by atoms with van der Waals surface area (Å²) >= 11 is 0. The zero-order valence-electron chi connectivity index (χ0n) is 42.5. The van der Waals surface area contributed by atoms with E-state index in [2.05, 4.69) is 106 Å². The Morgan fingerprint density at radius 3 is 1.03 bits per heavy atom. The Morgan fingerprint density at radius 2 is 0.615 bits per heavy atom. The zero-order chi connectivity index (χ0) is 47.2. The van der Waals surface area contributed by atoms with Crippen LogP contribution in [0.4, 0.5) is 0 Å². The van der Waals surface area contributed by atoms with E-state index < -0.39 is 6.10 Å². The fourth-order valence-electron chi connectivity index (χ4n) is 7.33. The van der Waals surface area contributed by atoms with E-state index in [0.29, 0.717) is 19.3 Å². The van der Waals surface area contributed by atoms with Crippen molar-refractivity contribution in [2.24, 2.45) is 0 Å². The van der Waals surface area contributed by atoms with Crippen molar-refractivity contribution in [2.75, 3.05) is 13.2 Å². The topological polar surface area (TPSA) is 78.9 Å². The number of carbonyl (C=O) groups is 3. The highest BCUT2D eigenvalue weighted by atomic mass is 16.6. The van der Waals surface area contributed by atoms with Crippen LogP contribution in [0.2, 0.25) is 0 Å². The quantitative estimate of drug-likeness (QED) is 0.0262. The second-order valence-electron chi connectivity index (χ2n) is 17.8. The van der Waals surface area contributed by atoms with E-state index in [1.807, 2.05) is 0 Å². The molecular weight excluding hydrogens is 805 g/mol. The Bertz CT molecular complexity index is 1270.